The van der Waals surface area contributed by atoms with E-state index in [1.807, 2.05) is 27.2 Å². The number of nitrogens with zero attached hydrogens (tertiary/aromatic N) is 3. The average Bonchev–Trinajstić information content (AvgIpc) is 2.42. The molecule has 68 valence electrons. The number of hydrogen-bond donors (Lipinski definition) is 1. The molecule has 2 heterocycles. The van der Waals surface area contributed by atoms with Crippen LogP contribution in [0.3, 0.4) is 0 Å². The molecule has 0 saturated heterocycles. The Bertz CT molecular complexity index is 444. The molecule has 0 aliphatic carbocycles. The molecule has 13 heavy (non-hydrogen) atoms. The minimum atomic E-state index is 0.927. The van der Waals surface area contributed by atoms with Gasteiger partial charge in [-0.1, -0.05) is 0 Å². The van der Waals surface area contributed by atoms with Gasteiger partial charge in [-0.25, -0.2) is 4.98 Å². The maximum Gasteiger partial charge on any atom is 0.157 e. The highest BCUT2D eigenvalue weighted by molar-refractivity contribution is 5.81. The van der Waals surface area contributed by atoms with Crippen LogP contribution in [-0.2, 0) is 7.05 Å². The van der Waals surface area contributed by atoms with Crippen molar-refractivity contribution in [2.24, 2.45) is 7.05 Å². The first-order chi connectivity index (χ1) is 6.22. The summed E-state index contributed by atoms with van der Waals surface area (Å²) < 4.78 is 1.80. The summed E-state index contributed by atoms with van der Waals surface area (Å²) in [5.74, 6) is 0. The summed E-state index contributed by atoms with van der Waals surface area (Å²) in [6.45, 7) is 1.99. The molecule has 1 N–H and O–H groups in total. The van der Waals surface area contributed by atoms with Gasteiger partial charge in [0.15, 0.2) is 5.65 Å². The van der Waals surface area contributed by atoms with Gasteiger partial charge in [0, 0.05) is 19.5 Å². The molecule has 4 nitrogen and oxygen atoms in total. The van der Waals surface area contributed by atoms with Crippen molar-refractivity contribution in [3.05, 3.63) is 18.0 Å². The molecule has 2 aromatic rings. The molecule has 0 radical (unpaired) electrons. The van der Waals surface area contributed by atoms with E-state index in [9.17, 15) is 0 Å². The first-order valence-corrected chi connectivity index (χ1v) is 4.19. The molecule has 0 atom stereocenters. The Morgan fingerprint density at radius 2 is 2.23 bits per heavy atom. The Balaban J connectivity index is 2.76. The molecule has 2 aromatic heterocycles. The Labute approximate surface area is 76.6 Å². The van der Waals surface area contributed by atoms with Gasteiger partial charge in [-0.05, 0) is 13.0 Å². The van der Waals surface area contributed by atoms with Crippen LogP contribution in [0.4, 0.5) is 5.69 Å². The van der Waals surface area contributed by atoms with E-state index < -0.39 is 0 Å². The lowest BCUT2D eigenvalue weighted by molar-refractivity contribution is 0.774. The number of hydrogen-bond acceptors (Lipinski definition) is 3. The number of nitrogens with one attached hydrogen (secondary N) is 1. The van der Waals surface area contributed by atoms with Crippen molar-refractivity contribution >= 4 is 16.7 Å². The number of rotatable bonds is 1. The standard InChI is InChI=1S/C9H12N4/c1-6-8-4-7(10-2)5-11-9(8)13(3)12-6/h4-5,10H,1-3H3. The fourth-order valence-electron chi connectivity index (χ4n) is 1.44. The summed E-state index contributed by atoms with van der Waals surface area (Å²) in [6, 6.07) is 2.06. The highest BCUT2D eigenvalue weighted by atomic mass is 15.3. The van der Waals surface area contributed by atoms with Crippen LogP contribution >= 0.6 is 0 Å². The lowest BCUT2D eigenvalue weighted by Gasteiger charge is -1.98. The molecule has 0 aromatic carbocycles. The van der Waals surface area contributed by atoms with Gasteiger partial charge in [0.1, 0.15) is 0 Å². The van der Waals surface area contributed by atoms with Crippen LogP contribution < -0.4 is 5.32 Å². The highest BCUT2D eigenvalue weighted by Crippen LogP contribution is 2.18. The first kappa shape index (κ1) is 8.04. The van der Waals surface area contributed by atoms with Crippen molar-refractivity contribution in [3.8, 4) is 0 Å². The van der Waals surface area contributed by atoms with Gasteiger partial charge in [0.05, 0.1) is 17.6 Å². The van der Waals surface area contributed by atoms with E-state index in [2.05, 4.69) is 21.5 Å². The molecule has 0 bridgehead atoms. The van der Waals surface area contributed by atoms with Gasteiger partial charge < -0.3 is 5.32 Å². The largest absolute Gasteiger partial charge is 0.387 e. The van der Waals surface area contributed by atoms with Crippen molar-refractivity contribution in [2.75, 3.05) is 12.4 Å². The second kappa shape index (κ2) is 2.73. The third-order valence-corrected chi connectivity index (χ3v) is 2.15. The molecule has 0 unspecified atom stereocenters. The molecule has 0 aliphatic heterocycles. The van der Waals surface area contributed by atoms with Crippen LogP contribution in [0, 0.1) is 6.92 Å². The predicted molar refractivity (Wildman–Crippen MR) is 52.8 cm³/mol. The van der Waals surface area contributed by atoms with Crippen molar-refractivity contribution in [2.45, 2.75) is 6.92 Å². The summed E-state index contributed by atoms with van der Waals surface area (Å²) in [5, 5.41) is 8.45. The molecule has 0 aliphatic rings. The maximum absolute atomic E-state index is 4.31. The number of pyridine rings is 1. The molecule has 0 amide bonds. The molecule has 4 heteroatoms. The van der Waals surface area contributed by atoms with Crippen molar-refractivity contribution < 1.29 is 0 Å². The topological polar surface area (TPSA) is 42.7 Å². The maximum atomic E-state index is 4.31. The van der Waals surface area contributed by atoms with Crippen LogP contribution in [-0.4, -0.2) is 21.8 Å². The molecule has 0 fully saturated rings. The smallest absolute Gasteiger partial charge is 0.157 e. The van der Waals surface area contributed by atoms with E-state index in [1.54, 1.807) is 4.68 Å². The summed E-state index contributed by atoms with van der Waals surface area (Å²) >= 11 is 0. The molecule has 0 saturated carbocycles. The predicted octanol–water partition coefficient (Wildman–Crippen LogP) is 1.32. The third kappa shape index (κ3) is 1.14. The lowest BCUT2D eigenvalue weighted by atomic mass is 10.2. The molecular formula is C9H12N4. The normalized spacial score (nSPS) is 10.7. The molecule has 2 rings (SSSR count). The van der Waals surface area contributed by atoms with E-state index in [4.69, 9.17) is 0 Å². The van der Waals surface area contributed by atoms with Crippen LogP contribution in [0.15, 0.2) is 12.3 Å². The summed E-state index contributed by atoms with van der Waals surface area (Å²) in [4.78, 5) is 4.31. The minimum Gasteiger partial charge on any atom is -0.387 e. The SMILES string of the molecule is CNc1cnc2c(c1)c(C)nn2C. The van der Waals surface area contributed by atoms with Crippen LogP contribution in [0.2, 0.25) is 0 Å². The van der Waals surface area contributed by atoms with Gasteiger partial charge in [-0.2, -0.15) is 5.10 Å². The monoisotopic (exact) mass is 176 g/mol. The number of anilines is 1. The van der Waals surface area contributed by atoms with Gasteiger partial charge in [-0.15, -0.1) is 0 Å². The van der Waals surface area contributed by atoms with Crippen molar-refractivity contribution in [1.29, 1.82) is 0 Å². The van der Waals surface area contributed by atoms with Crippen molar-refractivity contribution in [1.82, 2.24) is 14.8 Å². The van der Waals surface area contributed by atoms with Gasteiger partial charge in [0.2, 0.25) is 0 Å². The van der Waals surface area contributed by atoms with E-state index >= 15 is 0 Å². The third-order valence-electron chi connectivity index (χ3n) is 2.15. The first-order valence-electron chi connectivity index (χ1n) is 4.19. The minimum absolute atomic E-state index is 0.927. The van der Waals surface area contributed by atoms with Crippen molar-refractivity contribution in [3.63, 3.8) is 0 Å². The zero-order chi connectivity index (χ0) is 9.42. The van der Waals surface area contributed by atoms with Crippen LogP contribution in [0.25, 0.3) is 11.0 Å². The summed E-state index contributed by atoms with van der Waals surface area (Å²) in [6.07, 6.45) is 1.81. The summed E-state index contributed by atoms with van der Waals surface area (Å²) in [5.41, 5.74) is 2.96. The Morgan fingerprint density at radius 3 is 2.92 bits per heavy atom. The zero-order valence-electron chi connectivity index (χ0n) is 8.00. The highest BCUT2D eigenvalue weighted by Gasteiger charge is 2.05. The fraction of sp³-hybridized carbons (Fsp3) is 0.333. The van der Waals surface area contributed by atoms with E-state index in [-0.39, 0.29) is 0 Å². The van der Waals surface area contributed by atoms with E-state index in [1.165, 1.54) is 0 Å². The number of aromatic nitrogens is 3. The van der Waals surface area contributed by atoms with E-state index in [0.717, 1.165) is 22.4 Å². The zero-order valence-corrected chi connectivity index (χ0v) is 8.00. The van der Waals surface area contributed by atoms with Gasteiger partial charge in [0.25, 0.3) is 0 Å². The molecular weight excluding hydrogens is 164 g/mol. The Kier molecular flexibility index (Phi) is 1.69. The second-order valence-corrected chi connectivity index (χ2v) is 3.05. The lowest BCUT2D eigenvalue weighted by Crippen LogP contribution is -1.93. The van der Waals surface area contributed by atoms with Crippen LogP contribution in [0.5, 0.6) is 0 Å². The van der Waals surface area contributed by atoms with Gasteiger partial charge >= 0.3 is 0 Å². The van der Waals surface area contributed by atoms with Gasteiger partial charge in [-0.3, -0.25) is 4.68 Å². The Hall–Kier alpha value is -1.58. The Morgan fingerprint density at radius 1 is 1.46 bits per heavy atom. The molecule has 0 spiro atoms. The fourth-order valence-corrected chi connectivity index (χ4v) is 1.44. The second-order valence-electron chi connectivity index (χ2n) is 3.05. The van der Waals surface area contributed by atoms with Crippen LogP contribution in [0.1, 0.15) is 5.69 Å². The number of aryl methyl sites for hydroxylation is 2. The quantitative estimate of drug-likeness (QED) is 0.712. The summed E-state index contributed by atoms with van der Waals surface area (Å²) in [7, 11) is 3.79. The van der Waals surface area contributed by atoms with E-state index in [0.29, 0.717) is 0 Å². The average molecular weight is 176 g/mol. The number of fused-ring (bicyclic) bond motifs is 1.